The van der Waals surface area contributed by atoms with E-state index in [4.69, 9.17) is 9.47 Å². The first kappa shape index (κ1) is 24.6. The zero-order chi connectivity index (χ0) is 24.4. The van der Waals surface area contributed by atoms with Crippen molar-refractivity contribution in [2.75, 3.05) is 0 Å². The monoisotopic (exact) mass is 696 g/mol. The molecule has 0 saturated carbocycles. The Bertz CT molecular complexity index is 1360. The van der Waals surface area contributed by atoms with Gasteiger partial charge in [-0.3, -0.25) is 10.1 Å². The van der Waals surface area contributed by atoms with Gasteiger partial charge >= 0.3 is 5.97 Å². The Morgan fingerprint density at radius 3 is 2.53 bits per heavy atom. The predicted molar refractivity (Wildman–Crippen MR) is 144 cm³/mol. The van der Waals surface area contributed by atoms with Gasteiger partial charge in [-0.15, -0.1) is 0 Å². The van der Waals surface area contributed by atoms with E-state index in [1.165, 1.54) is 6.07 Å². The summed E-state index contributed by atoms with van der Waals surface area (Å²) in [6, 6.07) is 16.1. The average molecular weight is 698 g/mol. The van der Waals surface area contributed by atoms with Crippen LogP contribution < -0.4 is 4.74 Å². The fourth-order valence-electron chi connectivity index (χ4n) is 3.20. The van der Waals surface area contributed by atoms with Gasteiger partial charge in [0.25, 0.3) is 5.69 Å². The summed E-state index contributed by atoms with van der Waals surface area (Å²) in [6.07, 6.45) is 1.58. The third-order valence-corrected chi connectivity index (χ3v) is 7.16. The molecule has 0 aliphatic carbocycles. The molecule has 0 aromatic heterocycles. The van der Waals surface area contributed by atoms with E-state index < -0.39 is 10.9 Å². The molecular weight excluding hydrogens is 683 g/mol. The molecule has 1 aliphatic rings. The Morgan fingerprint density at radius 2 is 1.85 bits per heavy atom. The lowest BCUT2D eigenvalue weighted by atomic mass is 10.1. The number of hydrogen-bond donors (Lipinski definition) is 0. The highest BCUT2D eigenvalue weighted by Crippen LogP contribution is 2.36. The number of cyclic esters (lactones) is 1. The molecule has 0 fully saturated rings. The van der Waals surface area contributed by atoms with Gasteiger partial charge in [0, 0.05) is 26.3 Å². The lowest BCUT2D eigenvalue weighted by Crippen LogP contribution is -2.06. The minimum Gasteiger partial charge on any atom is -0.486 e. The van der Waals surface area contributed by atoms with E-state index in [2.05, 4.69) is 59.4 Å². The molecule has 0 unspecified atom stereocenters. The van der Waals surface area contributed by atoms with Gasteiger partial charge in [-0.1, -0.05) is 24.3 Å². The Morgan fingerprint density at radius 1 is 1.15 bits per heavy atom. The van der Waals surface area contributed by atoms with Gasteiger partial charge in [0.15, 0.2) is 5.70 Å². The molecule has 0 bridgehead atoms. The molecule has 7 nitrogen and oxygen atoms in total. The summed E-state index contributed by atoms with van der Waals surface area (Å²) in [6.45, 7) is 2.04. The van der Waals surface area contributed by atoms with Crippen molar-refractivity contribution in [1.29, 1.82) is 0 Å². The maximum atomic E-state index is 12.4. The summed E-state index contributed by atoms with van der Waals surface area (Å²) in [4.78, 5) is 27.4. The van der Waals surface area contributed by atoms with Crippen molar-refractivity contribution in [2.24, 2.45) is 4.99 Å². The van der Waals surface area contributed by atoms with E-state index in [0.717, 1.165) is 9.13 Å². The summed E-state index contributed by atoms with van der Waals surface area (Å²) >= 11 is 9.33. The summed E-state index contributed by atoms with van der Waals surface area (Å²) < 4.78 is 13.8. The fraction of sp³-hybridized carbons (Fsp3) is 0.0833. The number of nitro benzene ring substituents is 1. The van der Waals surface area contributed by atoms with Gasteiger partial charge in [-0.25, -0.2) is 9.79 Å². The smallest absolute Gasteiger partial charge is 0.363 e. The number of halogens is 3. The molecule has 0 saturated heterocycles. The molecule has 0 N–H and O–H groups in total. The van der Waals surface area contributed by atoms with Gasteiger partial charge < -0.3 is 9.47 Å². The van der Waals surface area contributed by atoms with Crippen molar-refractivity contribution in [1.82, 2.24) is 0 Å². The minimum absolute atomic E-state index is 0.0231. The van der Waals surface area contributed by atoms with Gasteiger partial charge in [0.1, 0.15) is 12.4 Å². The first-order valence-electron chi connectivity index (χ1n) is 9.86. The van der Waals surface area contributed by atoms with E-state index >= 15 is 0 Å². The highest BCUT2D eigenvalue weighted by Gasteiger charge is 2.26. The SMILES string of the molecule is Cc1ccc(C2=N/C(=C\c3cc(Br)c(OCc4ccccc4I)c(Br)c3)C(=O)O2)cc1[N+](=O)[O-]. The highest BCUT2D eigenvalue weighted by atomic mass is 127. The molecule has 0 radical (unpaired) electrons. The van der Waals surface area contributed by atoms with Crippen LogP contribution in [0.3, 0.4) is 0 Å². The first-order chi connectivity index (χ1) is 16.2. The van der Waals surface area contributed by atoms with E-state index in [1.54, 1.807) is 37.3 Å². The third-order valence-electron chi connectivity index (χ3n) is 4.93. The summed E-state index contributed by atoms with van der Waals surface area (Å²) in [5.74, 6) is 0.0197. The maximum absolute atomic E-state index is 12.4. The number of aliphatic imine (C=N–C) groups is 1. The Labute approximate surface area is 225 Å². The maximum Gasteiger partial charge on any atom is 0.363 e. The van der Waals surface area contributed by atoms with Crippen molar-refractivity contribution in [3.05, 3.63) is 105 Å². The van der Waals surface area contributed by atoms with Crippen LogP contribution in [0.4, 0.5) is 5.69 Å². The lowest BCUT2D eigenvalue weighted by Gasteiger charge is -2.12. The number of benzene rings is 3. The second-order valence-corrected chi connectivity index (χ2v) is 10.2. The average Bonchev–Trinajstić information content (AvgIpc) is 3.14. The van der Waals surface area contributed by atoms with Gasteiger partial charge in [-0.2, -0.15) is 0 Å². The lowest BCUT2D eigenvalue weighted by molar-refractivity contribution is -0.385. The van der Waals surface area contributed by atoms with Crippen molar-refractivity contribution < 1.29 is 19.2 Å². The summed E-state index contributed by atoms with van der Waals surface area (Å²) in [5, 5.41) is 11.2. The van der Waals surface area contributed by atoms with E-state index in [-0.39, 0.29) is 17.3 Å². The number of aryl methyl sites for hydroxylation is 1. The summed E-state index contributed by atoms with van der Waals surface area (Å²) in [5.41, 5.74) is 2.64. The van der Waals surface area contributed by atoms with Crippen LogP contribution in [0.5, 0.6) is 5.75 Å². The van der Waals surface area contributed by atoms with Crippen molar-refractivity contribution in [3.63, 3.8) is 0 Å². The molecule has 172 valence electrons. The van der Waals surface area contributed by atoms with Gasteiger partial charge in [0.2, 0.25) is 5.90 Å². The van der Waals surface area contributed by atoms with Crippen molar-refractivity contribution in [3.8, 4) is 5.75 Å². The fourth-order valence-corrected chi connectivity index (χ4v) is 5.19. The van der Waals surface area contributed by atoms with Crippen LogP contribution in [0.25, 0.3) is 6.08 Å². The summed E-state index contributed by atoms with van der Waals surface area (Å²) in [7, 11) is 0. The van der Waals surface area contributed by atoms with Crippen LogP contribution in [0.1, 0.15) is 22.3 Å². The van der Waals surface area contributed by atoms with E-state index in [0.29, 0.717) is 38.0 Å². The largest absolute Gasteiger partial charge is 0.486 e. The van der Waals surface area contributed by atoms with Crippen LogP contribution in [-0.2, 0) is 16.1 Å². The second kappa shape index (κ2) is 10.4. The molecule has 34 heavy (non-hydrogen) atoms. The van der Waals surface area contributed by atoms with Crippen LogP contribution >= 0.6 is 54.5 Å². The number of nitro groups is 1. The van der Waals surface area contributed by atoms with Gasteiger partial charge in [0.05, 0.1) is 13.9 Å². The quantitative estimate of drug-likeness (QED) is 0.0914. The zero-order valence-corrected chi connectivity index (χ0v) is 22.9. The Hall–Kier alpha value is -2.57. The van der Waals surface area contributed by atoms with Crippen molar-refractivity contribution >= 4 is 78.1 Å². The minimum atomic E-state index is -0.635. The van der Waals surface area contributed by atoms with Crippen LogP contribution in [-0.4, -0.2) is 16.8 Å². The predicted octanol–water partition coefficient (Wildman–Crippen LogP) is 6.96. The van der Waals surface area contributed by atoms with Crippen LogP contribution in [0.2, 0.25) is 0 Å². The second-order valence-electron chi connectivity index (χ2n) is 7.29. The van der Waals surface area contributed by atoms with E-state index in [9.17, 15) is 14.9 Å². The molecule has 1 aliphatic heterocycles. The molecule has 0 atom stereocenters. The van der Waals surface area contributed by atoms with Crippen molar-refractivity contribution in [2.45, 2.75) is 13.5 Å². The first-order valence-corrected chi connectivity index (χ1v) is 12.5. The van der Waals surface area contributed by atoms with E-state index in [1.807, 2.05) is 24.3 Å². The number of hydrogen-bond acceptors (Lipinski definition) is 6. The number of ether oxygens (including phenoxy) is 2. The van der Waals surface area contributed by atoms with Crippen LogP contribution in [0.15, 0.2) is 74.2 Å². The Balaban J connectivity index is 1.58. The van der Waals surface area contributed by atoms with Crippen LogP contribution in [0, 0.1) is 20.6 Å². The normalized spacial score (nSPS) is 14.2. The molecule has 10 heteroatoms. The molecular formula is C24H15Br2IN2O5. The molecule has 4 rings (SSSR count). The molecule has 0 amide bonds. The highest BCUT2D eigenvalue weighted by molar-refractivity contribution is 14.1. The molecule has 1 heterocycles. The van der Waals surface area contributed by atoms with Gasteiger partial charge in [-0.05, 0) is 97.3 Å². The number of nitrogens with zero attached hydrogens (tertiary/aromatic N) is 2. The number of carbonyl (C=O) groups excluding carboxylic acids is 1. The zero-order valence-electron chi connectivity index (χ0n) is 17.6. The third kappa shape index (κ3) is 5.39. The number of esters is 1. The number of carbonyl (C=O) groups is 1. The molecule has 3 aromatic rings. The Kier molecular flexibility index (Phi) is 7.48. The topological polar surface area (TPSA) is 91.0 Å². The molecule has 0 spiro atoms. The standard InChI is InChI=1S/C24H15Br2IN2O5/c1-13-6-7-15(11-21(13)29(31)32)23-28-20(24(30)34-23)10-14-8-17(25)22(18(26)9-14)33-12-16-4-2-3-5-19(16)27/h2-11H,12H2,1H3/b20-10-. The molecule has 3 aromatic carbocycles. The number of rotatable bonds is 6.